The number of thiophene rings is 1. The summed E-state index contributed by atoms with van der Waals surface area (Å²) >= 11 is 1.52. The van der Waals surface area contributed by atoms with Gasteiger partial charge >= 0.3 is 0 Å². The van der Waals surface area contributed by atoms with Crippen molar-refractivity contribution in [3.63, 3.8) is 0 Å². The molecule has 1 amide bonds. The third-order valence-electron chi connectivity index (χ3n) is 4.13. The molecule has 1 aromatic heterocycles. The molecule has 1 atom stereocenters. The van der Waals surface area contributed by atoms with E-state index in [9.17, 15) is 9.90 Å². The molecule has 0 bridgehead atoms. The van der Waals surface area contributed by atoms with Gasteiger partial charge in [-0.1, -0.05) is 48.0 Å². The molecule has 0 unspecified atom stereocenters. The topological polar surface area (TPSA) is 49.3 Å². The molecule has 0 saturated carbocycles. The molecule has 2 N–H and O–H groups in total. The van der Waals surface area contributed by atoms with E-state index in [0.717, 1.165) is 26.4 Å². The zero-order valence-electron chi connectivity index (χ0n) is 14.3. The standard InChI is InChI=1S/C21H21NO2S/c1-14-8-9-15(2)18(12-14)21(24)22-13-17-10-11-19(25-17)20(23)16-6-4-3-5-7-16/h3-12,20,23H,13H2,1-2H3,(H,22,24)/t20-/m0/s1. The highest BCUT2D eigenvalue weighted by Gasteiger charge is 2.14. The summed E-state index contributed by atoms with van der Waals surface area (Å²) < 4.78 is 0. The largest absolute Gasteiger partial charge is 0.383 e. The fourth-order valence-corrected chi connectivity index (χ4v) is 3.65. The van der Waals surface area contributed by atoms with Crippen molar-refractivity contribution >= 4 is 17.2 Å². The van der Waals surface area contributed by atoms with Gasteiger partial charge in [0.15, 0.2) is 0 Å². The number of carbonyl (C=O) groups is 1. The van der Waals surface area contributed by atoms with Crippen LogP contribution in [-0.2, 0) is 6.54 Å². The van der Waals surface area contributed by atoms with Crippen LogP contribution in [0.3, 0.4) is 0 Å². The van der Waals surface area contributed by atoms with Gasteiger partial charge in [-0.05, 0) is 43.2 Å². The van der Waals surface area contributed by atoms with Crippen LogP contribution in [0.1, 0.15) is 42.9 Å². The molecule has 0 aliphatic rings. The summed E-state index contributed by atoms with van der Waals surface area (Å²) in [6.07, 6.45) is -0.630. The Morgan fingerprint density at radius 2 is 1.84 bits per heavy atom. The van der Waals surface area contributed by atoms with Gasteiger partial charge in [0.2, 0.25) is 0 Å². The van der Waals surface area contributed by atoms with Crippen LogP contribution in [0.4, 0.5) is 0 Å². The molecule has 3 aromatic rings. The van der Waals surface area contributed by atoms with Gasteiger partial charge in [0.1, 0.15) is 6.10 Å². The molecular weight excluding hydrogens is 330 g/mol. The lowest BCUT2D eigenvalue weighted by Crippen LogP contribution is -2.23. The number of nitrogens with one attached hydrogen (secondary N) is 1. The second-order valence-electron chi connectivity index (χ2n) is 6.12. The number of aliphatic hydroxyl groups is 1. The Bertz CT molecular complexity index is 871. The average molecular weight is 351 g/mol. The van der Waals surface area contributed by atoms with Gasteiger partial charge in [-0.15, -0.1) is 11.3 Å². The van der Waals surface area contributed by atoms with Crippen LogP contribution in [0.15, 0.2) is 60.7 Å². The number of hydrogen-bond acceptors (Lipinski definition) is 3. The Morgan fingerprint density at radius 1 is 1.08 bits per heavy atom. The molecule has 1 heterocycles. The van der Waals surface area contributed by atoms with Crippen LogP contribution in [0.5, 0.6) is 0 Å². The van der Waals surface area contributed by atoms with Crippen molar-refractivity contribution in [2.45, 2.75) is 26.5 Å². The summed E-state index contributed by atoms with van der Waals surface area (Å²) in [5, 5.41) is 13.4. The molecule has 128 valence electrons. The van der Waals surface area contributed by atoms with E-state index in [1.807, 2.05) is 74.5 Å². The minimum Gasteiger partial charge on any atom is -0.383 e. The van der Waals surface area contributed by atoms with Crippen molar-refractivity contribution in [1.29, 1.82) is 0 Å². The molecule has 0 radical (unpaired) electrons. The first-order valence-corrected chi connectivity index (χ1v) is 9.03. The van der Waals surface area contributed by atoms with Crippen LogP contribution in [0.2, 0.25) is 0 Å². The highest BCUT2D eigenvalue weighted by atomic mass is 32.1. The van der Waals surface area contributed by atoms with Crippen molar-refractivity contribution in [2.75, 3.05) is 0 Å². The SMILES string of the molecule is Cc1ccc(C)c(C(=O)NCc2ccc([C@@H](O)c3ccccc3)s2)c1. The van der Waals surface area contributed by atoms with Gasteiger partial charge in [0.25, 0.3) is 5.91 Å². The van der Waals surface area contributed by atoms with Gasteiger partial charge in [-0.2, -0.15) is 0 Å². The Balaban J connectivity index is 1.66. The van der Waals surface area contributed by atoms with E-state index in [2.05, 4.69) is 5.32 Å². The lowest BCUT2D eigenvalue weighted by atomic mass is 10.1. The first-order valence-electron chi connectivity index (χ1n) is 8.21. The van der Waals surface area contributed by atoms with Crippen LogP contribution in [0, 0.1) is 13.8 Å². The molecule has 25 heavy (non-hydrogen) atoms. The van der Waals surface area contributed by atoms with Crippen molar-refractivity contribution in [3.8, 4) is 0 Å². The van der Waals surface area contributed by atoms with E-state index in [4.69, 9.17) is 0 Å². The van der Waals surface area contributed by atoms with Gasteiger partial charge in [0, 0.05) is 15.3 Å². The van der Waals surface area contributed by atoms with Crippen LogP contribution >= 0.6 is 11.3 Å². The molecular formula is C21H21NO2S. The summed E-state index contributed by atoms with van der Waals surface area (Å²) in [5.74, 6) is -0.0697. The number of aliphatic hydroxyl groups excluding tert-OH is 1. The third kappa shape index (κ3) is 4.16. The normalized spacial score (nSPS) is 12.0. The number of aryl methyl sites for hydroxylation is 2. The molecule has 2 aromatic carbocycles. The predicted octanol–water partition coefficient (Wildman–Crippen LogP) is 4.38. The zero-order chi connectivity index (χ0) is 17.8. The minimum absolute atomic E-state index is 0.0697. The van der Waals surface area contributed by atoms with Gasteiger partial charge in [-0.3, -0.25) is 4.79 Å². The third-order valence-corrected chi connectivity index (χ3v) is 5.27. The maximum Gasteiger partial charge on any atom is 0.251 e. The number of carbonyl (C=O) groups excluding carboxylic acids is 1. The molecule has 0 aliphatic carbocycles. The number of hydrogen-bond donors (Lipinski definition) is 2. The zero-order valence-corrected chi connectivity index (χ0v) is 15.1. The second-order valence-corrected chi connectivity index (χ2v) is 7.32. The highest BCUT2D eigenvalue weighted by Crippen LogP contribution is 2.28. The van der Waals surface area contributed by atoms with E-state index in [1.165, 1.54) is 11.3 Å². The molecule has 3 nitrogen and oxygen atoms in total. The van der Waals surface area contributed by atoms with Crippen molar-refractivity contribution in [1.82, 2.24) is 5.32 Å². The Labute approximate surface area is 152 Å². The average Bonchev–Trinajstić information content (AvgIpc) is 3.11. The maximum absolute atomic E-state index is 12.4. The summed E-state index contributed by atoms with van der Waals surface area (Å²) in [6.45, 7) is 4.37. The molecule has 0 fully saturated rings. The molecule has 0 saturated heterocycles. The first-order chi connectivity index (χ1) is 12.0. The van der Waals surface area contributed by atoms with E-state index in [0.29, 0.717) is 12.1 Å². The van der Waals surface area contributed by atoms with Gasteiger partial charge < -0.3 is 10.4 Å². The van der Waals surface area contributed by atoms with Gasteiger partial charge in [0.05, 0.1) is 6.54 Å². The van der Waals surface area contributed by atoms with Crippen LogP contribution in [-0.4, -0.2) is 11.0 Å². The quantitative estimate of drug-likeness (QED) is 0.717. The Hall–Kier alpha value is -2.43. The Morgan fingerprint density at radius 3 is 2.60 bits per heavy atom. The van der Waals surface area contributed by atoms with Crippen LogP contribution < -0.4 is 5.32 Å². The van der Waals surface area contributed by atoms with Crippen LogP contribution in [0.25, 0.3) is 0 Å². The lowest BCUT2D eigenvalue weighted by molar-refractivity contribution is 0.0950. The predicted molar refractivity (Wildman–Crippen MR) is 102 cm³/mol. The smallest absolute Gasteiger partial charge is 0.251 e. The fourth-order valence-electron chi connectivity index (χ4n) is 2.68. The Kier molecular flexibility index (Phi) is 5.31. The first kappa shape index (κ1) is 17.4. The molecule has 4 heteroatoms. The van der Waals surface area contributed by atoms with Crippen molar-refractivity contribution < 1.29 is 9.90 Å². The van der Waals surface area contributed by atoms with E-state index < -0.39 is 6.10 Å². The highest BCUT2D eigenvalue weighted by molar-refractivity contribution is 7.12. The van der Waals surface area contributed by atoms with Crippen molar-refractivity contribution in [3.05, 3.63) is 92.7 Å². The summed E-state index contributed by atoms with van der Waals surface area (Å²) in [6, 6.07) is 19.3. The molecule has 0 aliphatic heterocycles. The van der Waals surface area contributed by atoms with E-state index >= 15 is 0 Å². The number of benzene rings is 2. The number of amides is 1. The minimum atomic E-state index is -0.630. The summed E-state index contributed by atoms with van der Waals surface area (Å²) in [5.41, 5.74) is 3.62. The van der Waals surface area contributed by atoms with Crippen molar-refractivity contribution in [2.24, 2.45) is 0 Å². The van der Waals surface area contributed by atoms with E-state index in [1.54, 1.807) is 0 Å². The lowest BCUT2D eigenvalue weighted by Gasteiger charge is -2.09. The van der Waals surface area contributed by atoms with Gasteiger partial charge in [-0.25, -0.2) is 0 Å². The second kappa shape index (κ2) is 7.64. The maximum atomic E-state index is 12.4. The fraction of sp³-hybridized carbons (Fsp3) is 0.190. The monoisotopic (exact) mass is 351 g/mol. The molecule has 0 spiro atoms. The molecule has 3 rings (SSSR count). The van der Waals surface area contributed by atoms with E-state index in [-0.39, 0.29) is 5.91 Å². The number of rotatable bonds is 5. The summed E-state index contributed by atoms with van der Waals surface area (Å²) in [7, 11) is 0. The summed E-state index contributed by atoms with van der Waals surface area (Å²) in [4.78, 5) is 14.3.